The Morgan fingerprint density at radius 1 is 1.06 bits per heavy atom. The number of carbonyl (C=O) groups is 1. The lowest BCUT2D eigenvalue weighted by molar-refractivity contribution is -0.120. The normalized spacial score (nSPS) is 10.8. The van der Waals surface area contributed by atoms with E-state index in [9.17, 15) is 4.79 Å². The van der Waals surface area contributed by atoms with Gasteiger partial charge in [-0.3, -0.25) is 9.48 Å². The summed E-state index contributed by atoms with van der Waals surface area (Å²) in [4.78, 5) is 11.5. The summed E-state index contributed by atoms with van der Waals surface area (Å²) in [5.41, 5.74) is 3.94. The van der Waals surface area contributed by atoms with Crippen molar-refractivity contribution in [1.82, 2.24) is 15.1 Å². The molecule has 0 aliphatic heterocycles. The number of benzene rings is 3. The number of fused-ring (bicyclic) bond motifs is 1. The van der Waals surface area contributed by atoms with Crippen molar-refractivity contribution in [2.75, 3.05) is 14.2 Å². The molecule has 4 rings (SSSR count). The molecular weight excluding hydrogens is 426 g/mol. The van der Waals surface area contributed by atoms with Crippen molar-refractivity contribution in [1.29, 1.82) is 0 Å². The molecule has 164 valence electrons. The van der Waals surface area contributed by atoms with Crippen molar-refractivity contribution in [2.45, 2.75) is 19.6 Å². The SMILES string of the molecule is CNC(=O)CCn1ncc2cc(OCc3ccccc3-c3ccc(OC)cc3Cl)ccc21. The van der Waals surface area contributed by atoms with Crippen LogP contribution in [0.1, 0.15) is 12.0 Å². The highest BCUT2D eigenvalue weighted by atomic mass is 35.5. The van der Waals surface area contributed by atoms with Gasteiger partial charge in [-0.05, 0) is 47.5 Å². The number of hydrogen-bond donors (Lipinski definition) is 1. The number of aromatic nitrogens is 2. The van der Waals surface area contributed by atoms with Gasteiger partial charge in [-0.2, -0.15) is 5.10 Å². The quantitative estimate of drug-likeness (QED) is 0.407. The number of nitrogens with one attached hydrogen (secondary N) is 1. The minimum Gasteiger partial charge on any atom is -0.497 e. The van der Waals surface area contributed by atoms with Crippen molar-refractivity contribution < 1.29 is 14.3 Å². The minimum absolute atomic E-state index is 0.00997. The Morgan fingerprint density at radius 2 is 1.88 bits per heavy atom. The first-order valence-electron chi connectivity index (χ1n) is 10.3. The van der Waals surface area contributed by atoms with Crippen LogP contribution in [0.25, 0.3) is 22.0 Å². The molecular formula is C25H24ClN3O3. The monoisotopic (exact) mass is 449 g/mol. The summed E-state index contributed by atoms with van der Waals surface area (Å²) in [6, 6.07) is 19.5. The van der Waals surface area contributed by atoms with Gasteiger partial charge in [0.25, 0.3) is 0 Å². The van der Waals surface area contributed by atoms with Gasteiger partial charge in [-0.1, -0.05) is 35.9 Å². The van der Waals surface area contributed by atoms with Crippen molar-refractivity contribution in [2.24, 2.45) is 0 Å². The van der Waals surface area contributed by atoms with Gasteiger partial charge in [0.15, 0.2) is 0 Å². The lowest BCUT2D eigenvalue weighted by Crippen LogP contribution is -2.19. The molecule has 0 saturated carbocycles. The summed E-state index contributed by atoms with van der Waals surface area (Å²) >= 11 is 6.50. The molecule has 1 heterocycles. The fraction of sp³-hybridized carbons (Fsp3) is 0.200. The maximum atomic E-state index is 11.5. The molecule has 6 nitrogen and oxygen atoms in total. The van der Waals surface area contributed by atoms with E-state index in [1.165, 1.54) is 0 Å². The van der Waals surface area contributed by atoms with Crippen LogP contribution in [-0.2, 0) is 17.9 Å². The average Bonchev–Trinajstić information content (AvgIpc) is 3.23. The smallest absolute Gasteiger partial charge is 0.221 e. The van der Waals surface area contributed by atoms with Gasteiger partial charge in [0.05, 0.1) is 30.4 Å². The van der Waals surface area contributed by atoms with Crippen LogP contribution in [0.15, 0.2) is 66.9 Å². The number of ether oxygens (including phenoxy) is 2. The predicted octanol–water partition coefficient (Wildman–Crippen LogP) is 5.08. The van der Waals surface area contributed by atoms with Crippen LogP contribution < -0.4 is 14.8 Å². The molecule has 1 aromatic heterocycles. The van der Waals surface area contributed by atoms with Crippen LogP contribution in [-0.4, -0.2) is 29.8 Å². The fourth-order valence-electron chi connectivity index (χ4n) is 3.58. The second-order valence-electron chi connectivity index (χ2n) is 7.30. The van der Waals surface area contributed by atoms with E-state index in [0.717, 1.165) is 39.1 Å². The number of amides is 1. The molecule has 0 bridgehead atoms. The van der Waals surface area contributed by atoms with Gasteiger partial charge < -0.3 is 14.8 Å². The van der Waals surface area contributed by atoms with Gasteiger partial charge in [-0.25, -0.2) is 0 Å². The molecule has 0 fully saturated rings. The van der Waals surface area contributed by atoms with Crippen molar-refractivity contribution >= 4 is 28.4 Å². The summed E-state index contributed by atoms with van der Waals surface area (Å²) < 4.78 is 13.2. The lowest BCUT2D eigenvalue weighted by Gasteiger charge is -2.13. The van der Waals surface area contributed by atoms with E-state index in [-0.39, 0.29) is 5.91 Å². The highest BCUT2D eigenvalue weighted by molar-refractivity contribution is 6.33. The van der Waals surface area contributed by atoms with Crippen LogP contribution in [0.5, 0.6) is 11.5 Å². The largest absolute Gasteiger partial charge is 0.497 e. The van der Waals surface area contributed by atoms with E-state index in [4.69, 9.17) is 21.1 Å². The molecule has 0 aliphatic carbocycles. The summed E-state index contributed by atoms with van der Waals surface area (Å²) in [6.45, 7) is 0.925. The molecule has 32 heavy (non-hydrogen) atoms. The minimum atomic E-state index is -0.00997. The first-order chi connectivity index (χ1) is 15.6. The second kappa shape index (κ2) is 9.75. The Morgan fingerprint density at radius 3 is 2.66 bits per heavy atom. The first kappa shape index (κ1) is 21.7. The Labute approximate surface area is 191 Å². The first-order valence-corrected chi connectivity index (χ1v) is 10.7. The van der Waals surface area contributed by atoms with Crippen LogP contribution >= 0.6 is 11.6 Å². The lowest BCUT2D eigenvalue weighted by atomic mass is 10.00. The van der Waals surface area contributed by atoms with Gasteiger partial charge in [-0.15, -0.1) is 0 Å². The molecule has 0 unspecified atom stereocenters. The van der Waals surface area contributed by atoms with Crippen molar-refractivity contribution in [3.8, 4) is 22.6 Å². The van der Waals surface area contributed by atoms with E-state index in [1.54, 1.807) is 20.4 Å². The predicted molar refractivity (Wildman–Crippen MR) is 126 cm³/mol. The topological polar surface area (TPSA) is 65.4 Å². The summed E-state index contributed by atoms with van der Waals surface area (Å²) in [5.74, 6) is 1.46. The third kappa shape index (κ3) is 4.70. The zero-order valence-corrected chi connectivity index (χ0v) is 18.7. The number of halogens is 1. The summed E-state index contributed by atoms with van der Waals surface area (Å²) in [7, 11) is 3.25. The van der Waals surface area contributed by atoms with Gasteiger partial charge in [0, 0.05) is 24.4 Å². The number of nitrogens with zero attached hydrogens (tertiary/aromatic N) is 2. The average molecular weight is 450 g/mol. The van der Waals surface area contributed by atoms with E-state index in [0.29, 0.717) is 24.6 Å². The molecule has 0 radical (unpaired) electrons. The Balaban J connectivity index is 1.51. The van der Waals surface area contributed by atoms with Crippen LogP contribution in [0, 0.1) is 0 Å². The Bertz CT molecular complexity index is 1250. The fourth-order valence-corrected chi connectivity index (χ4v) is 3.85. The van der Waals surface area contributed by atoms with Crippen molar-refractivity contribution in [3.05, 3.63) is 77.4 Å². The maximum Gasteiger partial charge on any atom is 0.221 e. The molecule has 0 spiro atoms. The number of methoxy groups -OCH3 is 1. The third-order valence-corrected chi connectivity index (χ3v) is 5.63. The molecule has 1 amide bonds. The molecule has 4 aromatic rings. The maximum absolute atomic E-state index is 11.5. The van der Waals surface area contributed by atoms with E-state index in [2.05, 4.69) is 10.4 Å². The van der Waals surface area contributed by atoms with Crippen LogP contribution in [0.4, 0.5) is 0 Å². The van der Waals surface area contributed by atoms with Crippen LogP contribution in [0.3, 0.4) is 0 Å². The third-order valence-electron chi connectivity index (χ3n) is 5.32. The number of carbonyl (C=O) groups excluding carboxylic acids is 1. The molecule has 3 aromatic carbocycles. The molecule has 0 saturated heterocycles. The molecule has 7 heteroatoms. The van der Waals surface area contributed by atoms with E-state index < -0.39 is 0 Å². The number of hydrogen-bond acceptors (Lipinski definition) is 4. The standard InChI is InChI=1S/C25H24ClN3O3/c1-27-25(30)11-12-29-24-10-8-20(13-18(24)15-28-29)32-16-17-5-3-4-6-21(17)22-9-7-19(31-2)14-23(22)26/h3-10,13-15H,11-12,16H2,1-2H3,(H,27,30). The second-order valence-corrected chi connectivity index (χ2v) is 7.71. The Kier molecular flexibility index (Phi) is 6.61. The Hall–Kier alpha value is -3.51. The zero-order valence-electron chi connectivity index (χ0n) is 18.0. The highest BCUT2D eigenvalue weighted by Gasteiger charge is 2.11. The molecule has 0 aliphatic rings. The van der Waals surface area contributed by atoms with Gasteiger partial charge in [0.2, 0.25) is 5.91 Å². The zero-order chi connectivity index (χ0) is 22.5. The van der Waals surface area contributed by atoms with Gasteiger partial charge in [0.1, 0.15) is 18.1 Å². The number of rotatable bonds is 8. The van der Waals surface area contributed by atoms with Crippen LogP contribution in [0.2, 0.25) is 5.02 Å². The van der Waals surface area contributed by atoms with Crippen molar-refractivity contribution in [3.63, 3.8) is 0 Å². The summed E-state index contributed by atoms with van der Waals surface area (Å²) in [6.07, 6.45) is 2.17. The number of aryl methyl sites for hydroxylation is 1. The highest BCUT2D eigenvalue weighted by Crippen LogP contribution is 2.34. The molecule has 1 N–H and O–H groups in total. The van der Waals surface area contributed by atoms with E-state index in [1.807, 2.05) is 65.3 Å². The van der Waals surface area contributed by atoms with Gasteiger partial charge >= 0.3 is 0 Å². The molecule has 0 atom stereocenters. The summed E-state index contributed by atoms with van der Waals surface area (Å²) in [5, 5.41) is 8.61. The van der Waals surface area contributed by atoms with E-state index >= 15 is 0 Å².